The number of amides is 1. The average molecular weight is 349 g/mol. The van der Waals surface area contributed by atoms with Gasteiger partial charge in [0.2, 0.25) is 0 Å². The third kappa shape index (κ3) is 3.82. The molecule has 0 fully saturated rings. The lowest BCUT2D eigenvalue weighted by Crippen LogP contribution is -2.30. The molecule has 0 aliphatic rings. The van der Waals surface area contributed by atoms with Gasteiger partial charge in [-0.25, -0.2) is 0 Å². The Hall–Kier alpha value is -1.88. The fourth-order valence-corrected chi connectivity index (χ4v) is 2.42. The molecule has 0 aliphatic carbocycles. The summed E-state index contributed by atoms with van der Waals surface area (Å²) in [6.45, 7) is 3.15. The summed E-state index contributed by atoms with van der Waals surface area (Å²) >= 11 is 3.43. The molecule has 4 nitrogen and oxygen atoms in total. The number of aromatic nitrogens is 1. The number of hydrogen-bond donors (Lipinski definition) is 0. The zero-order valence-corrected chi connectivity index (χ0v) is 13.6. The highest BCUT2D eigenvalue weighted by molar-refractivity contribution is 9.10. The molecule has 1 aromatic carbocycles. The number of nitrogens with zero attached hydrogens (tertiary/aromatic N) is 2. The van der Waals surface area contributed by atoms with Crippen LogP contribution in [-0.4, -0.2) is 29.4 Å². The number of ether oxygens (including phenoxy) is 1. The fraction of sp³-hybridized carbons (Fsp3) is 0.250. The summed E-state index contributed by atoms with van der Waals surface area (Å²) in [6, 6.07) is 9.22. The van der Waals surface area contributed by atoms with Crippen LogP contribution in [0.15, 0.2) is 47.2 Å². The molecule has 0 saturated heterocycles. The van der Waals surface area contributed by atoms with Crippen LogP contribution < -0.4 is 4.74 Å². The maximum Gasteiger partial charge on any atom is 0.255 e. The van der Waals surface area contributed by atoms with Gasteiger partial charge in [-0.15, -0.1) is 0 Å². The quantitative estimate of drug-likeness (QED) is 0.830. The fourth-order valence-electron chi connectivity index (χ4n) is 2.00. The standard InChI is InChI=1S/C16H17BrN2O2/c1-3-19(11-12-6-8-18-9-7-12)16(20)14-10-13(21-2)4-5-15(14)17/h4-10H,3,11H2,1-2H3. The number of rotatable bonds is 5. The van der Waals surface area contributed by atoms with Gasteiger partial charge < -0.3 is 9.64 Å². The maximum absolute atomic E-state index is 12.7. The van der Waals surface area contributed by atoms with E-state index >= 15 is 0 Å². The molecule has 1 aromatic heterocycles. The zero-order valence-electron chi connectivity index (χ0n) is 12.0. The molecule has 1 heterocycles. The van der Waals surface area contributed by atoms with Gasteiger partial charge in [-0.05, 0) is 58.7 Å². The van der Waals surface area contributed by atoms with E-state index in [9.17, 15) is 4.79 Å². The largest absolute Gasteiger partial charge is 0.497 e. The minimum absolute atomic E-state index is 0.0277. The lowest BCUT2D eigenvalue weighted by molar-refractivity contribution is 0.0751. The summed E-state index contributed by atoms with van der Waals surface area (Å²) in [5.74, 6) is 0.640. The van der Waals surface area contributed by atoms with Crippen LogP contribution in [0.1, 0.15) is 22.8 Å². The van der Waals surface area contributed by atoms with Crippen molar-refractivity contribution >= 4 is 21.8 Å². The first-order valence-electron chi connectivity index (χ1n) is 6.67. The van der Waals surface area contributed by atoms with E-state index in [-0.39, 0.29) is 5.91 Å². The number of methoxy groups -OCH3 is 1. The third-order valence-corrected chi connectivity index (χ3v) is 3.89. The molecule has 0 atom stereocenters. The Bertz CT molecular complexity index is 617. The molecular formula is C16H17BrN2O2. The molecule has 0 N–H and O–H groups in total. The van der Waals surface area contributed by atoms with Gasteiger partial charge in [0.15, 0.2) is 0 Å². The van der Waals surface area contributed by atoms with Gasteiger partial charge in [0.1, 0.15) is 5.75 Å². The highest BCUT2D eigenvalue weighted by atomic mass is 79.9. The minimum atomic E-state index is -0.0277. The van der Waals surface area contributed by atoms with E-state index in [0.717, 1.165) is 10.0 Å². The molecule has 0 aliphatic heterocycles. The third-order valence-electron chi connectivity index (χ3n) is 3.20. The Morgan fingerprint density at radius 1 is 1.29 bits per heavy atom. The predicted octanol–water partition coefficient (Wildman–Crippen LogP) is 3.52. The van der Waals surface area contributed by atoms with Gasteiger partial charge in [0.25, 0.3) is 5.91 Å². The molecule has 0 radical (unpaired) electrons. The smallest absolute Gasteiger partial charge is 0.255 e. The lowest BCUT2D eigenvalue weighted by atomic mass is 10.1. The number of halogens is 1. The number of hydrogen-bond acceptors (Lipinski definition) is 3. The van der Waals surface area contributed by atoms with Crippen LogP contribution >= 0.6 is 15.9 Å². The predicted molar refractivity (Wildman–Crippen MR) is 85.3 cm³/mol. The van der Waals surface area contributed by atoms with Crippen molar-refractivity contribution < 1.29 is 9.53 Å². The molecule has 1 amide bonds. The second-order valence-electron chi connectivity index (χ2n) is 4.52. The number of pyridine rings is 1. The Kier molecular flexibility index (Phi) is 5.33. The van der Waals surface area contributed by atoms with E-state index in [4.69, 9.17) is 4.74 Å². The van der Waals surface area contributed by atoms with Crippen molar-refractivity contribution in [3.05, 3.63) is 58.3 Å². The van der Waals surface area contributed by atoms with Crippen molar-refractivity contribution in [3.8, 4) is 5.75 Å². The Balaban J connectivity index is 2.24. The first-order valence-corrected chi connectivity index (χ1v) is 7.46. The second kappa shape index (κ2) is 7.22. The Morgan fingerprint density at radius 2 is 2.00 bits per heavy atom. The number of carbonyl (C=O) groups is 1. The maximum atomic E-state index is 12.7. The van der Waals surface area contributed by atoms with Crippen molar-refractivity contribution in [2.24, 2.45) is 0 Å². The summed E-state index contributed by atoms with van der Waals surface area (Å²) < 4.78 is 5.96. The average Bonchev–Trinajstić information content (AvgIpc) is 2.53. The van der Waals surface area contributed by atoms with Crippen LogP contribution in [0.25, 0.3) is 0 Å². The van der Waals surface area contributed by atoms with Gasteiger partial charge >= 0.3 is 0 Å². The summed E-state index contributed by atoms with van der Waals surface area (Å²) in [6.07, 6.45) is 3.46. The van der Waals surface area contributed by atoms with Gasteiger partial charge in [0, 0.05) is 30.0 Å². The lowest BCUT2D eigenvalue weighted by Gasteiger charge is -2.22. The SMILES string of the molecule is CCN(Cc1ccncc1)C(=O)c1cc(OC)ccc1Br. The monoisotopic (exact) mass is 348 g/mol. The van der Waals surface area contributed by atoms with E-state index in [1.54, 1.807) is 30.5 Å². The van der Waals surface area contributed by atoms with Gasteiger partial charge in [-0.1, -0.05) is 0 Å². The topological polar surface area (TPSA) is 42.4 Å². The zero-order chi connectivity index (χ0) is 15.2. The molecule has 5 heteroatoms. The minimum Gasteiger partial charge on any atom is -0.497 e. The summed E-state index contributed by atoms with van der Waals surface area (Å²) in [5.41, 5.74) is 1.66. The molecule has 2 aromatic rings. The first kappa shape index (κ1) is 15.5. The normalized spacial score (nSPS) is 10.2. The molecule has 0 bridgehead atoms. The van der Waals surface area contributed by atoms with E-state index < -0.39 is 0 Å². The molecule has 21 heavy (non-hydrogen) atoms. The van der Waals surface area contributed by atoms with Crippen molar-refractivity contribution in [1.29, 1.82) is 0 Å². The summed E-state index contributed by atoms with van der Waals surface area (Å²) in [5, 5.41) is 0. The number of benzene rings is 1. The van der Waals surface area contributed by atoms with E-state index in [1.165, 1.54) is 0 Å². The second-order valence-corrected chi connectivity index (χ2v) is 5.37. The van der Waals surface area contributed by atoms with Crippen LogP contribution in [-0.2, 0) is 6.54 Å². The molecule has 0 unspecified atom stereocenters. The highest BCUT2D eigenvalue weighted by Crippen LogP contribution is 2.24. The van der Waals surface area contributed by atoms with Crippen molar-refractivity contribution in [2.75, 3.05) is 13.7 Å². The van der Waals surface area contributed by atoms with Crippen LogP contribution in [0.3, 0.4) is 0 Å². The molecule has 2 rings (SSSR count). The Morgan fingerprint density at radius 3 is 2.62 bits per heavy atom. The van der Waals surface area contributed by atoms with Gasteiger partial charge in [0.05, 0.1) is 12.7 Å². The van der Waals surface area contributed by atoms with Crippen molar-refractivity contribution in [3.63, 3.8) is 0 Å². The summed E-state index contributed by atoms with van der Waals surface area (Å²) in [4.78, 5) is 18.5. The molecule has 0 spiro atoms. The molecular weight excluding hydrogens is 332 g/mol. The molecule has 110 valence electrons. The van der Waals surface area contributed by atoms with Gasteiger partial charge in [-0.3, -0.25) is 9.78 Å². The van der Waals surface area contributed by atoms with Crippen LogP contribution in [0.4, 0.5) is 0 Å². The van der Waals surface area contributed by atoms with Crippen LogP contribution in [0.2, 0.25) is 0 Å². The summed E-state index contributed by atoms with van der Waals surface area (Å²) in [7, 11) is 1.59. The van der Waals surface area contributed by atoms with Crippen molar-refractivity contribution in [2.45, 2.75) is 13.5 Å². The highest BCUT2D eigenvalue weighted by Gasteiger charge is 2.18. The van der Waals surface area contributed by atoms with Crippen molar-refractivity contribution in [1.82, 2.24) is 9.88 Å². The van der Waals surface area contributed by atoms with E-state index in [1.807, 2.05) is 31.2 Å². The molecule has 0 saturated carbocycles. The van der Waals surface area contributed by atoms with E-state index in [0.29, 0.717) is 24.4 Å². The Labute approximate surface area is 132 Å². The van der Waals surface area contributed by atoms with Crippen LogP contribution in [0.5, 0.6) is 5.75 Å². The van der Waals surface area contributed by atoms with Gasteiger partial charge in [-0.2, -0.15) is 0 Å². The first-order chi connectivity index (χ1) is 10.2. The van der Waals surface area contributed by atoms with Crippen LogP contribution in [0, 0.1) is 0 Å². The van der Waals surface area contributed by atoms with E-state index in [2.05, 4.69) is 20.9 Å². The number of carbonyl (C=O) groups excluding carboxylic acids is 1.